The van der Waals surface area contributed by atoms with Gasteiger partial charge in [0.1, 0.15) is 11.6 Å². The monoisotopic (exact) mass is 239 g/mol. The summed E-state index contributed by atoms with van der Waals surface area (Å²) in [5.74, 6) is -0.444. The highest BCUT2D eigenvalue weighted by Gasteiger charge is 2.17. The lowest BCUT2D eigenvalue weighted by Crippen LogP contribution is -2.29. The second kappa shape index (κ2) is 4.21. The molecule has 0 fully saturated rings. The van der Waals surface area contributed by atoms with Gasteiger partial charge in [-0.15, -0.1) is 0 Å². The van der Waals surface area contributed by atoms with Crippen LogP contribution < -0.4 is 5.73 Å². The number of aromatic nitrogens is 2. The van der Waals surface area contributed by atoms with Gasteiger partial charge in [0.25, 0.3) is 0 Å². The quantitative estimate of drug-likeness (QED) is 0.688. The number of benzene rings is 1. The molecule has 0 aliphatic carbocycles. The molecular formula is C10H10ClN3O2. The number of H-pyrrole nitrogens is 1. The molecule has 2 aromatic rings. The molecule has 1 unspecified atom stereocenters. The van der Waals surface area contributed by atoms with E-state index in [4.69, 9.17) is 17.3 Å². The number of aliphatic hydroxyl groups excluding tert-OH is 1. The van der Waals surface area contributed by atoms with Crippen LogP contribution in [-0.2, 0) is 0 Å². The lowest BCUT2D eigenvalue weighted by Gasteiger charge is -2.07. The van der Waals surface area contributed by atoms with E-state index in [2.05, 4.69) is 9.97 Å². The second-order valence-corrected chi connectivity index (χ2v) is 3.78. The molecule has 0 aliphatic rings. The Morgan fingerprint density at radius 3 is 3.06 bits per heavy atom. The van der Waals surface area contributed by atoms with E-state index in [0.29, 0.717) is 21.6 Å². The Hall–Kier alpha value is -1.43. The molecule has 0 aliphatic heterocycles. The zero-order chi connectivity index (χ0) is 11.7. The number of hydrogen-bond donors (Lipinski definition) is 3. The average molecular weight is 240 g/mol. The summed E-state index contributed by atoms with van der Waals surface area (Å²) in [5.41, 5.74) is 6.79. The number of hydrogen-bond acceptors (Lipinski definition) is 4. The Morgan fingerprint density at radius 1 is 1.62 bits per heavy atom. The van der Waals surface area contributed by atoms with Crippen LogP contribution in [0, 0.1) is 0 Å². The maximum absolute atomic E-state index is 11.7. The van der Waals surface area contributed by atoms with Gasteiger partial charge in [0.2, 0.25) is 0 Å². The third kappa shape index (κ3) is 1.80. The van der Waals surface area contributed by atoms with Crippen molar-refractivity contribution in [2.75, 3.05) is 6.54 Å². The van der Waals surface area contributed by atoms with Gasteiger partial charge < -0.3 is 15.8 Å². The van der Waals surface area contributed by atoms with E-state index in [9.17, 15) is 9.90 Å². The number of rotatable bonds is 3. The van der Waals surface area contributed by atoms with Crippen molar-refractivity contribution >= 4 is 28.4 Å². The van der Waals surface area contributed by atoms with Gasteiger partial charge in [-0.25, -0.2) is 4.98 Å². The summed E-state index contributed by atoms with van der Waals surface area (Å²) in [6.45, 7) is -0.114. The molecule has 16 heavy (non-hydrogen) atoms. The van der Waals surface area contributed by atoms with E-state index in [0.717, 1.165) is 0 Å². The van der Waals surface area contributed by atoms with Gasteiger partial charge in [-0.3, -0.25) is 4.79 Å². The summed E-state index contributed by atoms with van der Waals surface area (Å²) in [5, 5.41) is 9.72. The molecule has 1 atom stereocenters. The van der Waals surface area contributed by atoms with Crippen molar-refractivity contribution in [1.29, 1.82) is 0 Å². The van der Waals surface area contributed by atoms with Crippen LogP contribution >= 0.6 is 11.6 Å². The minimum Gasteiger partial charge on any atom is -0.384 e. The van der Waals surface area contributed by atoms with E-state index in [1.165, 1.54) is 12.4 Å². The third-order valence-electron chi connectivity index (χ3n) is 2.29. The van der Waals surface area contributed by atoms with E-state index in [1.54, 1.807) is 6.07 Å². The lowest BCUT2D eigenvalue weighted by atomic mass is 10.1. The highest BCUT2D eigenvalue weighted by Crippen LogP contribution is 2.23. The molecular weight excluding hydrogens is 230 g/mol. The second-order valence-electron chi connectivity index (χ2n) is 3.37. The van der Waals surface area contributed by atoms with E-state index < -0.39 is 11.9 Å². The molecule has 1 aromatic carbocycles. The Balaban J connectivity index is 2.49. The number of nitrogens with zero attached hydrogens (tertiary/aromatic N) is 1. The summed E-state index contributed by atoms with van der Waals surface area (Å²) >= 11 is 5.95. The number of carbonyl (C=O) groups is 1. The van der Waals surface area contributed by atoms with Crippen LogP contribution in [0.3, 0.4) is 0 Å². The van der Waals surface area contributed by atoms with Crippen LogP contribution in [0.25, 0.3) is 11.0 Å². The molecule has 84 valence electrons. The van der Waals surface area contributed by atoms with Gasteiger partial charge >= 0.3 is 0 Å². The SMILES string of the molecule is NCC(O)C(=O)c1cc(Cl)c2nc[nH]c2c1. The van der Waals surface area contributed by atoms with E-state index in [-0.39, 0.29) is 6.54 Å². The largest absolute Gasteiger partial charge is 0.384 e. The first-order valence-corrected chi connectivity index (χ1v) is 5.06. The fraction of sp³-hybridized carbons (Fsp3) is 0.200. The maximum Gasteiger partial charge on any atom is 0.192 e. The molecule has 2 rings (SSSR count). The smallest absolute Gasteiger partial charge is 0.192 e. The first kappa shape index (κ1) is 11.1. The number of Topliss-reactive ketones (excluding diaryl/α,β-unsaturated/α-hetero) is 1. The fourth-order valence-electron chi connectivity index (χ4n) is 1.45. The average Bonchev–Trinajstić information content (AvgIpc) is 2.75. The van der Waals surface area contributed by atoms with Crippen LogP contribution in [0.15, 0.2) is 18.5 Å². The predicted molar refractivity (Wildman–Crippen MR) is 60.5 cm³/mol. The zero-order valence-electron chi connectivity index (χ0n) is 8.27. The molecule has 1 heterocycles. The van der Waals surface area contributed by atoms with Crippen molar-refractivity contribution in [1.82, 2.24) is 9.97 Å². The maximum atomic E-state index is 11.7. The minimum absolute atomic E-state index is 0.114. The normalized spacial score (nSPS) is 12.9. The number of imidazole rings is 1. The van der Waals surface area contributed by atoms with Crippen molar-refractivity contribution in [3.63, 3.8) is 0 Å². The highest BCUT2D eigenvalue weighted by molar-refractivity contribution is 6.35. The van der Waals surface area contributed by atoms with E-state index in [1.807, 2.05) is 0 Å². The van der Waals surface area contributed by atoms with Crippen LogP contribution in [0.1, 0.15) is 10.4 Å². The van der Waals surface area contributed by atoms with Crippen molar-refractivity contribution < 1.29 is 9.90 Å². The molecule has 0 amide bonds. The number of nitrogens with two attached hydrogens (primary N) is 1. The lowest BCUT2D eigenvalue weighted by molar-refractivity contribution is 0.0763. The van der Waals surface area contributed by atoms with Gasteiger partial charge in [0.05, 0.1) is 16.9 Å². The Kier molecular flexibility index (Phi) is 2.91. The molecule has 5 nitrogen and oxygen atoms in total. The fourth-order valence-corrected chi connectivity index (χ4v) is 1.72. The van der Waals surface area contributed by atoms with Crippen molar-refractivity contribution in [2.24, 2.45) is 5.73 Å². The van der Waals surface area contributed by atoms with Crippen molar-refractivity contribution in [3.05, 3.63) is 29.0 Å². The number of carbonyl (C=O) groups excluding carboxylic acids is 1. The molecule has 1 aromatic heterocycles. The molecule has 0 saturated heterocycles. The number of aromatic amines is 1. The van der Waals surface area contributed by atoms with Crippen LogP contribution in [0.2, 0.25) is 5.02 Å². The van der Waals surface area contributed by atoms with Crippen molar-refractivity contribution in [2.45, 2.75) is 6.10 Å². The molecule has 6 heteroatoms. The minimum atomic E-state index is -1.20. The summed E-state index contributed by atoms with van der Waals surface area (Å²) in [6, 6.07) is 3.07. The van der Waals surface area contributed by atoms with E-state index >= 15 is 0 Å². The molecule has 0 bridgehead atoms. The molecule has 0 saturated carbocycles. The van der Waals surface area contributed by atoms with Gasteiger partial charge in [-0.05, 0) is 12.1 Å². The third-order valence-corrected chi connectivity index (χ3v) is 2.58. The first-order valence-electron chi connectivity index (χ1n) is 4.68. The van der Waals surface area contributed by atoms with Gasteiger partial charge in [-0.1, -0.05) is 11.6 Å². The first-order chi connectivity index (χ1) is 7.63. The Bertz CT molecular complexity index is 538. The Morgan fingerprint density at radius 2 is 2.38 bits per heavy atom. The van der Waals surface area contributed by atoms with Gasteiger partial charge in [0.15, 0.2) is 5.78 Å². The predicted octanol–water partition coefficient (Wildman–Crippen LogP) is 0.719. The number of halogens is 1. The van der Waals surface area contributed by atoms with Gasteiger partial charge in [0, 0.05) is 12.1 Å². The summed E-state index contributed by atoms with van der Waals surface area (Å²) in [4.78, 5) is 18.5. The summed E-state index contributed by atoms with van der Waals surface area (Å²) < 4.78 is 0. The number of aliphatic hydroxyl groups is 1. The van der Waals surface area contributed by atoms with Crippen LogP contribution in [-0.4, -0.2) is 33.5 Å². The van der Waals surface area contributed by atoms with Gasteiger partial charge in [-0.2, -0.15) is 0 Å². The Labute approximate surface area is 96.2 Å². The summed E-state index contributed by atoms with van der Waals surface area (Å²) in [6.07, 6.45) is 0.292. The number of nitrogens with one attached hydrogen (secondary N) is 1. The number of fused-ring (bicyclic) bond motifs is 1. The standard InChI is InChI=1S/C10H10ClN3O2/c11-6-1-5(10(16)8(15)3-12)2-7-9(6)14-4-13-7/h1-2,4,8,15H,3,12H2,(H,13,14). The van der Waals surface area contributed by atoms with Crippen molar-refractivity contribution in [3.8, 4) is 0 Å². The summed E-state index contributed by atoms with van der Waals surface area (Å²) in [7, 11) is 0. The van der Waals surface area contributed by atoms with Crippen LogP contribution in [0.5, 0.6) is 0 Å². The molecule has 0 radical (unpaired) electrons. The zero-order valence-corrected chi connectivity index (χ0v) is 9.03. The topological polar surface area (TPSA) is 92.0 Å². The molecule has 0 spiro atoms. The van der Waals surface area contributed by atoms with Crippen LogP contribution in [0.4, 0.5) is 0 Å². The molecule has 4 N–H and O–H groups in total. The highest BCUT2D eigenvalue weighted by atomic mass is 35.5. The number of ketones is 1.